The molecule has 3 aromatic rings. The highest BCUT2D eigenvalue weighted by Gasteiger charge is 2.35. The van der Waals surface area contributed by atoms with Crippen molar-refractivity contribution in [1.82, 2.24) is 19.7 Å². The molecule has 4 heterocycles. The lowest BCUT2D eigenvalue weighted by molar-refractivity contribution is -0.0235. The highest BCUT2D eigenvalue weighted by atomic mass is 35.5. The van der Waals surface area contributed by atoms with Crippen LogP contribution in [-0.2, 0) is 9.84 Å². The molecule has 3 aromatic heterocycles. The summed E-state index contributed by atoms with van der Waals surface area (Å²) in [6, 6.07) is 4.51. The van der Waals surface area contributed by atoms with E-state index in [1.165, 1.54) is 18.5 Å². The van der Waals surface area contributed by atoms with Gasteiger partial charge >= 0.3 is 0 Å². The number of nitrogens with one attached hydrogen (secondary N) is 1. The summed E-state index contributed by atoms with van der Waals surface area (Å²) in [5.41, 5.74) is -0.0287. The number of hydrogen-bond acceptors (Lipinski definition) is 7. The first-order valence-electron chi connectivity index (χ1n) is 10.7. The van der Waals surface area contributed by atoms with Crippen molar-refractivity contribution in [2.75, 3.05) is 18.1 Å². The molecule has 13 heteroatoms. The summed E-state index contributed by atoms with van der Waals surface area (Å²) in [4.78, 5) is 21.1. The normalized spacial score (nSPS) is 17.2. The molecule has 1 amide bonds. The zero-order valence-corrected chi connectivity index (χ0v) is 20.5. The molecule has 1 aliphatic heterocycles. The average Bonchev–Trinajstić information content (AvgIpc) is 3.19. The fourth-order valence-electron chi connectivity index (χ4n) is 3.50. The molecule has 0 radical (unpaired) electrons. The molecule has 1 saturated heterocycles. The Morgan fingerprint density at radius 3 is 2.69 bits per heavy atom. The van der Waals surface area contributed by atoms with Crippen molar-refractivity contribution in [2.45, 2.75) is 38.2 Å². The van der Waals surface area contributed by atoms with Crippen molar-refractivity contribution < 1.29 is 31.5 Å². The van der Waals surface area contributed by atoms with Crippen molar-refractivity contribution in [1.29, 1.82) is 0 Å². The second-order valence-corrected chi connectivity index (χ2v) is 11.6. The number of halogens is 3. The molecule has 0 aromatic carbocycles. The number of carbonyl (C=O) groups is 1. The molecule has 0 saturated carbocycles. The SMILES string of the molecule is CC(F)(F)COc1cc(Cl)cnc1Oc1ccc2nc(C(=O)NC3(C)CCS(=O)(=O)CC3)cn2c1. The molecule has 1 N–H and O–H groups in total. The molecule has 0 atom stereocenters. The van der Waals surface area contributed by atoms with Gasteiger partial charge in [0.25, 0.3) is 17.7 Å². The Morgan fingerprint density at radius 2 is 2.00 bits per heavy atom. The number of aromatic nitrogens is 3. The van der Waals surface area contributed by atoms with Gasteiger partial charge in [0.15, 0.2) is 12.4 Å². The van der Waals surface area contributed by atoms with Crippen LogP contribution < -0.4 is 14.8 Å². The molecule has 0 aliphatic carbocycles. The maximum atomic E-state index is 13.2. The Balaban J connectivity index is 1.50. The minimum atomic E-state index is -3.07. The minimum Gasteiger partial charge on any atom is -0.482 e. The number of amides is 1. The van der Waals surface area contributed by atoms with Crippen LogP contribution in [-0.4, -0.2) is 58.3 Å². The predicted octanol–water partition coefficient (Wildman–Crippen LogP) is 3.91. The maximum absolute atomic E-state index is 13.2. The first kappa shape index (κ1) is 25.1. The monoisotopic (exact) mass is 528 g/mol. The Bertz CT molecular complexity index is 1360. The molecule has 9 nitrogen and oxygen atoms in total. The highest BCUT2D eigenvalue weighted by Crippen LogP contribution is 2.33. The van der Waals surface area contributed by atoms with Gasteiger partial charge in [-0.15, -0.1) is 0 Å². The van der Waals surface area contributed by atoms with E-state index < -0.39 is 33.8 Å². The third-order valence-corrected chi connectivity index (χ3v) is 7.34. The largest absolute Gasteiger partial charge is 0.482 e. The van der Waals surface area contributed by atoms with Crippen molar-refractivity contribution >= 4 is 33.0 Å². The van der Waals surface area contributed by atoms with E-state index in [1.54, 1.807) is 22.7 Å². The van der Waals surface area contributed by atoms with Crippen LogP contribution in [0.1, 0.15) is 37.2 Å². The van der Waals surface area contributed by atoms with Crippen LogP contribution in [0.15, 0.2) is 36.8 Å². The van der Waals surface area contributed by atoms with Crippen molar-refractivity contribution in [3.63, 3.8) is 0 Å². The number of imidazole rings is 1. The number of hydrogen-bond donors (Lipinski definition) is 1. The molecule has 0 bridgehead atoms. The van der Waals surface area contributed by atoms with Crippen LogP contribution in [0.4, 0.5) is 8.78 Å². The van der Waals surface area contributed by atoms with Gasteiger partial charge in [0.1, 0.15) is 26.9 Å². The van der Waals surface area contributed by atoms with Gasteiger partial charge in [-0.05, 0) is 31.9 Å². The molecule has 188 valence electrons. The number of sulfone groups is 1. The molecule has 0 unspecified atom stereocenters. The predicted molar refractivity (Wildman–Crippen MR) is 124 cm³/mol. The Hall–Kier alpha value is -2.99. The number of ether oxygens (including phenoxy) is 2. The topological polar surface area (TPSA) is 112 Å². The molecule has 4 rings (SSSR count). The van der Waals surface area contributed by atoms with Crippen molar-refractivity contribution in [3.05, 3.63) is 47.5 Å². The number of pyridine rings is 2. The van der Waals surface area contributed by atoms with Crippen LogP contribution in [0.25, 0.3) is 5.65 Å². The molecule has 1 fully saturated rings. The van der Waals surface area contributed by atoms with E-state index in [-0.39, 0.29) is 39.6 Å². The van der Waals surface area contributed by atoms with Gasteiger partial charge < -0.3 is 19.2 Å². The average molecular weight is 529 g/mol. The van der Waals surface area contributed by atoms with Gasteiger partial charge in [-0.2, -0.15) is 0 Å². The van der Waals surface area contributed by atoms with E-state index in [0.29, 0.717) is 18.5 Å². The molecule has 0 spiro atoms. The summed E-state index contributed by atoms with van der Waals surface area (Å²) < 4.78 is 62.3. The van der Waals surface area contributed by atoms with Crippen LogP contribution in [0.2, 0.25) is 5.02 Å². The third kappa shape index (κ3) is 6.37. The van der Waals surface area contributed by atoms with Gasteiger partial charge in [-0.25, -0.2) is 27.2 Å². The fourth-order valence-corrected chi connectivity index (χ4v) is 5.37. The summed E-state index contributed by atoms with van der Waals surface area (Å²) in [5.74, 6) is -3.26. The second kappa shape index (κ2) is 9.23. The Kier molecular flexibility index (Phi) is 6.62. The van der Waals surface area contributed by atoms with E-state index in [1.807, 2.05) is 6.92 Å². The van der Waals surface area contributed by atoms with Crippen LogP contribution in [0.3, 0.4) is 0 Å². The number of fused-ring (bicyclic) bond motifs is 1. The smallest absolute Gasteiger partial charge is 0.278 e. The lowest BCUT2D eigenvalue weighted by atomic mass is 9.95. The fraction of sp³-hybridized carbons (Fsp3) is 0.409. The first-order chi connectivity index (χ1) is 16.3. The lowest BCUT2D eigenvalue weighted by Gasteiger charge is -2.34. The van der Waals surface area contributed by atoms with E-state index in [9.17, 15) is 22.0 Å². The number of alkyl halides is 2. The van der Waals surface area contributed by atoms with Gasteiger partial charge in [-0.1, -0.05) is 11.6 Å². The molecule has 1 aliphatic rings. The third-order valence-electron chi connectivity index (χ3n) is 5.48. The summed E-state index contributed by atoms with van der Waals surface area (Å²) in [5, 5.41) is 3.08. The summed E-state index contributed by atoms with van der Waals surface area (Å²) >= 11 is 5.91. The number of carbonyl (C=O) groups excluding carboxylic acids is 1. The maximum Gasteiger partial charge on any atom is 0.278 e. The van der Waals surface area contributed by atoms with E-state index >= 15 is 0 Å². The van der Waals surface area contributed by atoms with Gasteiger partial charge in [0.2, 0.25) is 0 Å². The minimum absolute atomic E-state index is 0.0238. The zero-order valence-electron chi connectivity index (χ0n) is 18.9. The molecular formula is C22H23ClF2N4O5S. The van der Waals surface area contributed by atoms with Crippen LogP contribution in [0.5, 0.6) is 17.4 Å². The van der Waals surface area contributed by atoms with E-state index in [0.717, 1.165) is 6.92 Å². The van der Waals surface area contributed by atoms with Gasteiger partial charge in [0.05, 0.1) is 22.7 Å². The van der Waals surface area contributed by atoms with Gasteiger partial charge in [0, 0.05) is 30.9 Å². The Labute approximate surface area is 205 Å². The molecular weight excluding hydrogens is 506 g/mol. The van der Waals surface area contributed by atoms with Crippen molar-refractivity contribution in [2.24, 2.45) is 0 Å². The van der Waals surface area contributed by atoms with Crippen molar-refractivity contribution in [3.8, 4) is 17.4 Å². The van der Waals surface area contributed by atoms with E-state index in [4.69, 9.17) is 21.1 Å². The van der Waals surface area contributed by atoms with Crippen LogP contribution in [0, 0.1) is 0 Å². The number of nitrogens with zero attached hydrogens (tertiary/aromatic N) is 3. The molecule has 35 heavy (non-hydrogen) atoms. The first-order valence-corrected chi connectivity index (χ1v) is 12.9. The quantitative estimate of drug-likeness (QED) is 0.495. The van der Waals surface area contributed by atoms with Crippen LogP contribution >= 0.6 is 11.6 Å². The van der Waals surface area contributed by atoms with E-state index in [2.05, 4.69) is 15.3 Å². The lowest BCUT2D eigenvalue weighted by Crippen LogP contribution is -2.51. The second-order valence-electron chi connectivity index (χ2n) is 8.84. The summed E-state index contributed by atoms with van der Waals surface area (Å²) in [7, 11) is -3.07. The highest BCUT2D eigenvalue weighted by molar-refractivity contribution is 7.91. The Morgan fingerprint density at radius 1 is 1.29 bits per heavy atom. The summed E-state index contributed by atoms with van der Waals surface area (Å²) in [6.45, 7) is 1.66. The zero-order chi connectivity index (χ0) is 25.4. The number of rotatable bonds is 7. The van der Waals surface area contributed by atoms with Gasteiger partial charge in [-0.3, -0.25) is 4.79 Å². The summed E-state index contributed by atoms with van der Waals surface area (Å²) in [6.07, 6.45) is 5.00. The standard InChI is InChI=1S/C22H23ClF2N4O5S/c1-21(5-7-35(31,32)8-6-21)28-19(30)16-12-29-11-15(3-4-18(29)27-16)34-20-17(9-14(23)10-26-20)33-13-22(2,24)25/h3-4,9-12H,5-8,13H2,1-2H3,(H,28,30).